The number of halogens is 1. The molecule has 4 nitrogen and oxygen atoms in total. The van der Waals surface area contributed by atoms with Crippen molar-refractivity contribution in [3.63, 3.8) is 0 Å². The molecular weight excluding hydrogens is 356 g/mol. The molecule has 0 radical (unpaired) electrons. The number of hydrogen-bond donors (Lipinski definition) is 1. The van der Waals surface area contributed by atoms with E-state index in [1.165, 1.54) is 37.4 Å². The normalized spacial score (nSPS) is 28.8. The van der Waals surface area contributed by atoms with E-state index in [-0.39, 0.29) is 23.5 Å². The summed E-state index contributed by atoms with van der Waals surface area (Å²) in [4.78, 5) is 28.4. The van der Waals surface area contributed by atoms with Crippen LogP contribution in [0.25, 0.3) is 0 Å². The van der Waals surface area contributed by atoms with Gasteiger partial charge in [0.15, 0.2) is 0 Å². The Morgan fingerprint density at radius 2 is 2.04 bits per heavy atom. The fourth-order valence-corrected chi connectivity index (χ4v) is 5.72. The summed E-state index contributed by atoms with van der Waals surface area (Å²) in [6.45, 7) is 0.852. The van der Waals surface area contributed by atoms with Crippen LogP contribution in [0.2, 0.25) is 5.02 Å². The Morgan fingerprint density at radius 1 is 1.24 bits per heavy atom. The molecule has 2 amide bonds. The second-order valence-corrected chi connectivity index (χ2v) is 8.96. The lowest BCUT2D eigenvalue weighted by Gasteiger charge is -2.44. The molecule has 1 saturated heterocycles. The van der Waals surface area contributed by atoms with Crippen LogP contribution in [0, 0.1) is 5.92 Å². The minimum absolute atomic E-state index is 0.0923. The summed E-state index contributed by atoms with van der Waals surface area (Å²) in [5, 5.41) is 3.15. The number of benzene rings is 1. The Kier molecular flexibility index (Phi) is 4.96. The summed E-state index contributed by atoms with van der Waals surface area (Å²) >= 11 is 7.47. The van der Waals surface area contributed by atoms with Gasteiger partial charge in [-0.1, -0.05) is 24.4 Å². The molecule has 1 aromatic carbocycles. The standard InChI is InChI=1S/C19H23ClN2O2S/c20-13-7-8-16-14(10-13)21-19(24)17(25-16)11-18(23)22-9-3-5-12-4-1-2-6-15(12)22/h7-8,10,12,15,17H,1-6,9,11H2,(H,21,24)/t12-,15+,17+/m0/s1. The van der Waals surface area contributed by atoms with Gasteiger partial charge in [-0.05, 0) is 49.8 Å². The number of thioether (sulfide) groups is 1. The summed E-state index contributed by atoms with van der Waals surface area (Å²) in [5.74, 6) is 0.717. The van der Waals surface area contributed by atoms with Gasteiger partial charge in [-0.3, -0.25) is 9.59 Å². The number of likely N-dealkylation sites (tertiary alicyclic amines) is 1. The predicted octanol–water partition coefficient (Wildman–Crippen LogP) is 4.32. The van der Waals surface area contributed by atoms with Gasteiger partial charge in [0.2, 0.25) is 11.8 Å². The lowest BCUT2D eigenvalue weighted by Crippen LogP contribution is -2.50. The number of amides is 2. The molecule has 3 atom stereocenters. The molecule has 1 aliphatic carbocycles. The largest absolute Gasteiger partial charge is 0.339 e. The van der Waals surface area contributed by atoms with E-state index in [9.17, 15) is 9.59 Å². The Bertz CT molecular complexity index is 694. The van der Waals surface area contributed by atoms with Crippen molar-refractivity contribution >= 4 is 40.9 Å². The van der Waals surface area contributed by atoms with Gasteiger partial charge in [-0.15, -0.1) is 11.8 Å². The summed E-state index contributed by atoms with van der Waals surface area (Å²) in [6, 6.07) is 5.90. The number of hydrogen-bond acceptors (Lipinski definition) is 3. The summed E-state index contributed by atoms with van der Waals surface area (Å²) in [5.41, 5.74) is 0.747. The number of rotatable bonds is 2. The Morgan fingerprint density at radius 3 is 2.92 bits per heavy atom. The first-order chi connectivity index (χ1) is 12.1. The Hall–Kier alpha value is -1.20. The number of carbonyl (C=O) groups is 2. The van der Waals surface area contributed by atoms with Gasteiger partial charge < -0.3 is 10.2 Å². The highest BCUT2D eigenvalue weighted by molar-refractivity contribution is 8.01. The van der Waals surface area contributed by atoms with Gasteiger partial charge in [0.1, 0.15) is 0 Å². The first-order valence-electron chi connectivity index (χ1n) is 9.18. The van der Waals surface area contributed by atoms with Crippen molar-refractivity contribution in [3.8, 4) is 0 Å². The monoisotopic (exact) mass is 378 g/mol. The van der Waals surface area contributed by atoms with Crippen LogP contribution in [0.3, 0.4) is 0 Å². The molecule has 1 N–H and O–H groups in total. The van der Waals surface area contributed by atoms with Crippen LogP contribution in [0.5, 0.6) is 0 Å². The van der Waals surface area contributed by atoms with Gasteiger partial charge in [0.25, 0.3) is 0 Å². The van der Waals surface area contributed by atoms with Crippen LogP contribution in [-0.4, -0.2) is 34.6 Å². The topological polar surface area (TPSA) is 49.4 Å². The molecule has 0 unspecified atom stereocenters. The molecular formula is C19H23ClN2O2S. The van der Waals surface area contributed by atoms with E-state index in [4.69, 9.17) is 11.6 Å². The Balaban J connectivity index is 1.45. The second kappa shape index (κ2) is 7.20. The fourth-order valence-electron chi connectivity index (χ4n) is 4.47. The molecule has 134 valence electrons. The van der Waals surface area contributed by atoms with Crippen molar-refractivity contribution in [2.24, 2.45) is 5.92 Å². The zero-order valence-electron chi connectivity index (χ0n) is 14.2. The van der Waals surface area contributed by atoms with E-state index >= 15 is 0 Å². The van der Waals surface area contributed by atoms with E-state index in [0.29, 0.717) is 17.0 Å². The highest BCUT2D eigenvalue weighted by Gasteiger charge is 2.38. The van der Waals surface area contributed by atoms with Crippen LogP contribution < -0.4 is 5.32 Å². The van der Waals surface area contributed by atoms with Crippen molar-refractivity contribution in [1.29, 1.82) is 0 Å². The highest BCUT2D eigenvalue weighted by atomic mass is 35.5. The molecule has 1 aromatic rings. The van der Waals surface area contributed by atoms with Crippen molar-refractivity contribution in [2.45, 2.75) is 61.1 Å². The van der Waals surface area contributed by atoms with Gasteiger partial charge in [-0.2, -0.15) is 0 Å². The molecule has 2 fully saturated rings. The molecule has 0 bridgehead atoms. The van der Waals surface area contributed by atoms with Gasteiger partial charge in [0, 0.05) is 28.9 Å². The predicted molar refractivity (Wildman–Crippen MR) is 101 cm³/mol. The maximum Gasteiger partial charge on any atom is 0.238 e. The third-order valence-corrected chi connectivity index (χ3v) is 7.20. The number of anilines is 1. The lowest BCUT2D eigenvalue weighted by molar-refractivity contribution is -0.138. The van der Waals surface area contributed by atoms with E-state index in [2.05, 4.69) is 10.2 Å². The van der Waals surface area contributed by atoms with Gasteiger partial charge in [-0.25, -0.2) is 0 Å². The number of carbonyl (C=O) groups excluding carboxylic acids is 2. The van der Waals surface area contributed by atoms with E-state index in [0.717, 1.165) is 30.0 Å². The summed E-state index contributed by atoms with van der Waals surface area (Å²) in [7, 11) is 0. The van der Waals surface area contributed by atoms with Crippen LogP contribution in [0.1, 0.15) is 44.9 Å². The first-order valence-corrected chi connectivity index (χ1v) is 10.4. The fraction of sp³-hybridized carbons (Fsp3) is 0.579. The number of piperidine rings is 1. The zero-order chi connectivity index (χ0) is 17.4. The maximum absolute atomic E-state index is 12.9. The molecule has 0 spiro atoms. The first kappa shape index (κ1) is 17.2. The van der Waals surface area contributed by atoms with Gasteiger partial charge >= 0.3 is 0 Å². The number of fused-ring (bicyclic) bond motifs is 2. The minimum Gasteiger partial charge on any atom is -0.339 e. The maximum atomic E-state index is 12.9. The van der Waals surface area contributed by atoms with Gasteiger partial charge in [0.05, 0.1) is 10.9 Å². The molecule has 25 heavy (non-hydrogen) atoms. The third-order valence-electron chi connectivity index (χ3n) is 5.68. The summed E-state index contributed by atoms with van der Waals surface area (Å²) < 4.78 is 0. The van der Waals surface area contributed by atoms with Crippen LogP contribution in [0.15, 0.2) is 23.1 Å². The molecule has 0 aromatic heterocycles. The van der Waals surface area contributed by atoms with Crippen LogP contribution in [0.4, 0.5) is 5.69 Å². The second-order valence-electron chi connectivity index (χ2n) is 7.28. The lowest BCUT2D eigenvalue weighted by atomic mass is 9.78. The van der Waals surface area contributed by atoms with E-state index in [1.54, 1.807) is 6.07 Å². The molecule has 2 heterocycles. The third kappa shape index (κ3) is 3.54. The molecule has 4 rings (SSSR count). The molecule has 2 aliphatic heterocycles. The SMILES string of the molecule is O=C1Nc2cc(Cl)ccc2S[C@@H]1CC(=O)N1CCC[C@@H]2CCCC[C@H]21. The average Bonchev–Trinajstić information content (AvgIpc) is 2.62. The Labute approximate surface area is 157 Å². The van der Waals surface area contributed by atoms with Crippen molar-refractivity contribution < 1.29 is 9.59 Å². The molecule has 6 heteroatoms. The van der Waals surface area contributed by atoms with Crippen LogP contribution >= 0.6 is 23.4 Å². The minimum atomic E-state index is -0.356. The molecule has 3 aliphatic rings. The van der Waals surface area contributed by atoms with Crippen molar-refractivity contribution in [2.75, 3.05) is 11.9 Å². The molecule has 1 saturated carbocycles. The number of nitrogens with zero attached hydrogens (tertiary/aromatic N) is 1. The average molecular weight is 379 g/mol. The van der Waals surface area contributed by atoms with Crippen molar-refractivity contribution in [3.05, 3.63) is 23.2 Å². The highest BCUT2D eigenvalue weighted by Crippen LogP contribution is 2.40. The smallest absolute Gasteiger partial charge is 0.238 e. The van der Waals surface area contributed by atoms with E-state index in [1.807, 2.05) is 12.1 Å². The van der Waals surface area contributed by atoms with E-state index < -0.39 is 0 Å². The van der Waals surface area contributed by atoms with Crippen molar-refractivity contribution in [1.82, 2.24) is 4.90 Å². The van der Waals surface area contributed by atoms with Crippen LogP contribution in [-0.2, 0) is 9.59 Å². The zero-order valence-corrected chi connectivity index (χ0v) is 15.7. The number of nitrogens with one attached hydrogen (secondary N) is 1. The summed E-state index contributed by atoms with van der Waals surface area (Å²) in [6.07, 6.45) is 7.52. The quantitative estimate of drug-likeness (QED) is 0.833.